The van der Waals surface area contributed by atoms with E-state index in [4.69, 9.17) is 0 Å². The molecule has 0 saturated carbocycles. The smallest absolute Gasteiger partial charge is 0.164 e. The van der Waals surface area contributed by atoms with Gasteiger partial charge in [0.2, 0.25) is 0 Å². The molecule has 1 N–H and O–H groups in total. The molecule has 1 aromatic heterocycles. The third kappa shape index (κ3) is 2.63. The molecular formula is C21H26N2OS. The molecule has 25 heavy (non-hydrogen) atoms. The van der Waals surface area contributed by atoms with Gasteiger partial charge in [-0.3, -0.25) is 4.79 Å². The molecule has 132 valence electrons. The predicted molar refractivity (Wildman–Crippen MR) is 106 cm³/mol. The van der Waals surface area contributed by atoms with Crippen molar-refractivity contribution >= 4 is 22.9 Å². The molecule has 4 heteroatoms. The van der Waals surface area contributed by atoms with Crippen molar-refractivity contribution in [3.05, 3.63) is 58.1 Å². The largest absolute Gasteiger partial charge is 0.342 e. The van der Waals surface area contributed by atoms with Crippen molar-refractivity contribution in [2.75, 3.05) is 5.32 Å². The Bertz CT molecular complexity index is 799. The Morgan fingerprint density at radius 3 is 2.88 bits per heavy atom. The fourth-order valence-corrected chi connectivity index (χ4v) is 5.24. The average molecular weight is 355 g/mol. The summed E-state index contributed by atoms with van der Waals surface area (Å²) in [5.41, 5.74) is 4.30. The molecule has 3 rings (SSSR count). The van der Waals surface area contributed by atoms with Crippen LogP contribution < -0.4 is 5.32 Å². The maximum absolute atomic E-state index is 13.3. The Morgan fingerprint density at radius 2 is 2.20 bits per heavy atom. The summed E-state index contributed by atoms with van der Waals surface area (Å²) in [6, 6.07) is 0. The van der Waals surface area contributed by atoms with Crippen LogP contribution in [0.25, 0.3) is 0 Å². The second-order valence-electron chi connectivity index (χ2n) is 7.01. The lowest BCUT2D eigenvalue weighted by atomic mass is 9.62. The summed E-state index contributed by atoms with van der Waals surface area (Å²) in [6.45, 7) is 12.8. The minimum atomic E-state index is -0.477. The molecule has 0 radical (unpaired) electrons. The predicted octanol–water partition coefficient (Wildman–Crippen LogP) is 5.40. The van der Waals surface area contributed by atoms with Crippen LogP contribution in [0.15, 0.2) is 53.2 Å². The number of ketones is 1. The molecule has 1 aliphatic carbocycles. The summed E-state index contributed by atoms with van der Waals surface area (Å²) in [5.74, 6) is 1.50. The van der Waals surface area contributed by atoms with Crippen LogP contribution >= 0.6 is 11.3 Å². The summed E-state index contributed by atoms with van der Waals surface area (Å²) in [7, 11) is 0. The first-order chi connectivity index (χ1) is 12.0. The highest BCUT2D eigenvalue weighted by Crippen LogP contribution is 2.54. The normalized spacial score (nSPS) is 29.0. The monoisotopic (exact) mass is 354 g/mol. The Morgan fingerprint density at radius 1 is 1.44 bits per heavy atom. The second kappa shape index (κ2) is 6.75. The van der Waals surface area contributed by atoms with E-state index in [0.717, 1.165) is 40.4 Å². The van der Waals surface area contributed by atoms with Gasteiger partial charge in [-0.1, -0.05) is 51.7 Å². The van der Waals surface area contributed by atoms with Crippen LogP contribution in [0.5, 0.6) is 0 Å². The van der Waals surface area contributed by atoms with Gasteiger partial charge in [-0.2, -0.15) is 0 Å². The van der Waals surface area contributed by atoms with E-state index in [1.54, 1.807) is 11.3 Å². The zero-order valence-corrected chi connectivity index (χ0v) is 16.2. The Hall–Kier alpha value is -1.94. The van der Waals surface area contributed by atoms with Crippen molar-refractivity contribution in [1.29, 1.82) is 0 Å². The van der Waals surface area contributed by atoms with Crippen LogP contribution in [0.4, 0.5) is 5.82 Å². The number of rotatable bonds is 4. The van der Waals surface area contributed by atoms with Crippen LogP contribution in [0.2, 0.25) is 0 Å². The lowest BCUT2D eigenvalue weighted by molar-refractivity contribution is -0.120. The van der Waals surface area contributed by atoms with Crippen molar-refractivity contribution in [2.24, 2.45) is 11.8 Å². The van der Waals surface area contributed by atoms with Crippen molar-refractivity contribution in [3.63, 3.8) is 0 Å². The highest BCUT2D eigenvalue weighted by molar-refractivity contribution is 7.10. The first-order valence-corrected chi connectivity index (χ1v) is 9.83. The maximum atomic E-state index is 13.3. The average Bonchev–Trinajstić information content (AvgIpc) is 3.07. The van der Waals surface area contributed by atoms with Gasteiger partial charge < -0.3 is 5.32 Å². The van der Waals surface area contributed by atoms with Crippen LogP contribution in [-0.2, 0) is 10.2 Å². The molecule has 0 saturated heterocycles. The van der Waals surface area contributed by atoms with Gasteiger partial charge in [0, 0.05) is 17.2 Å². The van der Waals surface area contributed by atoms with E-state index in [1.807, 2.05) is 43.7 Å². The molecule has 0 aromatic carbocycles. The summed E-state index contributed by atoms with van der Waals surface area (Å²) in [5, 5.41) is 3.47. The number of anilines is 1. The van der Waals surface area contributed by atoms with Crippen LogP contribution in [0.3, 0.4) is 0 Å². The molecule has 2 heterocycles. The Labute approximate surface area is 154 Å². The summed E-state index contributed by atoms with van der Waals surface area (Å²) in [4.78, 5) is 18.9. The molecule has 0 spiro atoms. The van der Waals surface area contributed by atoms with E-state index in [9.17, 15) is 4.79 Å². The molecule has 0 bridgehead atoms. The molecule has 2 aliphatic rings. The topological polar surface area (TPSA) is 42.0 Å². The number of hydrogen-bond acceptors (Lipinski definition) is 4. The fourth-order valence-electron chi connectivity index (χ4n) is 4.18. The van der Waals surface area contributed by atoms with Crippen molar-refractivity contribution in [3.8, 4) is 0 Å². The summed E-state index contributed by atoms with van der Waals surface area (Å²) in [6.07, 6.45) is 9.71. The van der Waals surface area contributed by atoms with Gasteiger partial charge in [-0.05, 0) is 31.3 Å². The molecule has 1 aromatic rings. The van der Waals surface area contributed by atoms with Gasteiger partial charge >= 0.3 is 0 Å². The highest BCUT2D eigenvalue weighted by Gasteiger charge is 2.50. The lowest BCUT2D eigenvalue weighted by Gasteiger charge is -2.44. The van der Waals surface area contributed by atoms with Gasteiger partial charge in [0.1, 0.15) is 5.82 Å². The first kappa shape index (κ1) is 17.9. The molecule has 0 unspecified atom stereocenters. The standard InChI is InChI=1S/C21H26N2OS/c1-6-8-9-10-15(5)21(7-2)16-17(13(3)11-14(4)18(16)24)23-20-19(21)25-12-22-20/h6,8-10,12-14,23H,5,7,11H2,1-4H3/b8-6-,10-9-/t13-,14-,21-/m1/s1. The number of fused-ring (bicyclic) bond motifs is 1. The van der Waals surface area contributed by atoms with E-state index in [-0.39, 0.29) is 11.7 Å². The zero-order chi connectivity index (χ0) is 18.2. The van der Waals surface area contributed by atoms with E-state index in [1.165, 1.54) is 0 Å². The van der Waals surface area contributed by atoms with Gasteiger partial charge in [0.15, 0.2) is 5.78 Å². The quantitative estimate of drug-likeness (QED) is 0.736. The number of nitrogens with zero attached hydrogens (tertiary/aromatic N) is 1. The van der Waals surface area contributed by atoms with E-state index >= 15 is 0 Å². The number of carbonyl (C=O) groups excluding carboxylic acids is 1. The number of hydrogen-bond donors (Lipinski definition) is 1. The number of allylic oxidation sites excluding steroid dienone is 7. The van der Waals surface area contributed by atoms with Gasteiger partial charge in [-0.25, -0.2) is 4.98 Å². The van der Waals surface area contributed by atoms with Crippen LogP contribution in [-0.4, -0.2) is 10.8 Å². The molecular weight excluding hydrogens is 328 g/mol. The van der Waals surface area contributed by atoms with Gasteiger partial charge in [0.05, 0.1) is 15.8 Å². The minimum Gasteiger partial charge on any atom is -0.342 e. The van der Waals surface area contributed by atoms with Crippen molar-refractivity contribution in [2.45, 2.75) is 46.0 Å². The van der Waals surface area contributed by atoms with Gasteiger partial charge in [0.25, 0.3) is 0 Å². The van der Waals surface area contributed by atoms with E-state index < -0.39 is 5.41 Å². The fraction of sp³-hybridized carbons (Fsp3) is 0.429. The zero-order valence-electron chi connectivity index (χ0n) is 15.4. The SMILES string of the molecule is C=C(/C=C\C=C/C)[C@]1(CC)C2=C(Nc3ncsc31)[C@H](C)C[C@@H](C)C2=O. The number of aromatic nitrogens is 1. The molecule has 0 fully saturated rings. The first-order valence-electron chi connectivity index (χ1n) is 8.95. The van der Waals surface area contributed by atoms with Crippen LogP contribution in [0.1, 0.15) is 45.4 Å². The second-order valence-corrected chi connectivity index (χ2v) is 7.87. The number of nitrogens with one attached hydrogen (secondary N) is 1. The third-order valence-corrected chi connectivity index (χ3v) is 6.47. The Balaban J connectivity index is 2.25. The molecule has 3 atom stereocenters. The molecule has 0 amide bonds. The third-order valence-electron chi connectivity index (χ3n) is 5.48. The lowest BCUT2D eigenvalue weighted by Crippen LogP contribution is -2.44. The Kier molecular flexibility index (Phi) is 4.83. The molecule has 1 aliphatic heterocycles. The number of carbonyl (C=O) groups is 1. The maximum Gasteiger partial charge on any atom is 0.164 e. The summed E-state index contributed by atoms with van der Waals surface area (Å²) >= 11 is 1.61. The van der Waals surface area contributed by atoms with E-state index in [2.05, 4.69) is 30.7 Å². The minimum absolute atomic E-state index is 0.0447. The van der Waals surface area contributed by atoms with E-state index in [0.29, 0.717) is 5.92 Å². The number of thiazole rings is 1. The van der Waals surface area contributed by atoms with Crippen molar-refractivity contribution in [1.82, 2.24) is 4.98 Å². The highest BCUT2D eigenvalue weighted by atomic mass is 32.1. The number of Topliss-reactive ketones (excluding diaryl/α,β-unsaturated/α-hetero) is 1. The van der Waals surface area contributed by atoms with Crippen molar-refractivity contribution < 1.29 is 4.79 Å². The van der Waals surface area contributed by atoms with Gasteiger partial charge in [-0.15, -0.1) is 11.3 Å². The molecule has 3 nitrogen and oxygen atoms in total. The van der Waals surface area contributed by atoms with Crippen LogP contribution in [0, 0.1) is 11.8 Å². The summed E-state index contributed by atoms with van der Waals surface area (Å²) < 4.78 is 0.